The van der Waals surface area contributed by atoms with Crippen molar-refractivity contribution in [2.24, 2.45) is 0 Å². The number of carbonyl (C=O) groups is 1. The lowest BCUT2D eigenvalue weighted by molar-refractivity contribution is 0.102. The van der Waals surface area contributed by atoms with Gasteiger partial charge in [-0.25, -0.2) is 0 Å². The molecule has 142 valence electrons. The van der Waals surface area contributed by atoms with Crippen LogP contribution in [0.2, 0.25) is 0 Å². The molecule has 1 N–H and O–H groups in total. The molecule has 0 atom stereocenters. The van der Waals surface area contributed by atoms with Crippen molar-refractivity contribution < 1.29 is 14.3 Å². The Hall–Kier alpha value is -3.79. The normalized spacial score (nSPS) is 10.2. The summed E-state index contributed by atoms with van der Waals surface area (Å²) in [6, 6.07) is 16.6. The van der Waals surface area contributed by atoms with Gasteiger partial charge in [0, 0.05) is 11.8 Å². The van der Waals surface area contributed by atoms with E-state index >= 15 is 0 Å². The van der Waals surface area contributed by atoms with Crippen LogP contribution in [0.5, 0.6) is 11.5 Å². The lowest BCUT2D eigenvalue weighted by atomic mass is 10.1. The van der Waals surface area contributed by atoms with Crippen molar-refractivity contribution in [3.63, 3.8) is 0 Å². The first kappa shape index (κ1) is 19.0. The van der Waals surface area contributed by atoms with Gasteiger partial charge in [-0.2, -0.15) is 10.4 Å². The summed E-state index contributed by atoms with van der Waals surface area (Å²) >= 11 is 0. The molecule has 0 unspecified atom stereocenters. The van der Waals surface area contributed by atoms with Gasteiger partial charge in [0.25, 0.3) is 5.91 Å². The fourth-order valence-corrected chi connectivity index (χ4v) is 2.77. The van der Waals surface area contributed by atoms with Crippen LogP contribution >= 0.6 is 0 Å². The molecule has 0 aliphatic rings. The van der Waals surface area contributed by atoms with Crippen LogP contribution in [0.25, 0.3) is 11.3 Å². The molecular weight excluding hydrogens is 356 g/mol. The highest BCUT2D eigenvalue weighted by Gasteiger charge is 2.19. The first-order valence-electron chi connectivity index (χ1n) is 8.69. The van der Waals surface area contributed by atoms with Gasteiger partial charge in [-0.1, -0.05) is 12.1 Å². The molecule has 3 aromatic rings. The van der Waals surface area contributed by atoms with Gasteiger partial charge in [-0.15, -0.1) is 0 Å². The first-order valence-corrected chi connectivity index (χ1v) is 8.69. The summed E-state index contributed by atoms with van der Waals surface area (Å²) < 4.78 is 12.1. The van der Waals surface area contributed by atoms with Crippen LogP contribution in [-0.4, -0.2) is 29.9 Å². The van der Waals surface area contributed by atoms with Gasteiger partial charge in [-0.05, 0) is 36.4 Å². The third-order valence-electron chi connectivity index (χ3n) is 4.18. The van der Waals surface area contributed by atoms with E-state index in [1.54, 1.807) is 37.2 Å². The van der Waals surface area contributed by atoms with Crippen LogP contribution in [-0.2, 0) is 6.54 Å². The molecule has 28 heavy (non-hydrogen) atoms. The monoisotopic (exact) mass is 376 g/mol. The van der Waals surface area contributed by atoms with Gasteiger partial charge < -0.3 is 14.8 Å². The van der Waals surface area contributed by atoms with Gasteiger partial charge in [0.1, 0.15) is 17.2 Å². The molecule has 1 aromatic heterocycles. The van der Waals surface area contributed by atoms with Crippen LogP contribution in [0.1, 0.15) is 16.8 Å². The molecule has 0 saturated carbocycles. The average molecular weight is 376 g/mol. The minimum absolute atomic E-state index is 0.303. The molecule has 0 spiro atoms. The quantitative estimate of drug-likeness (QED) is 0.679. The molecule has 0 bridgehead atoms. The second-order valence-electron chi connectivity index (χ2n) is 5.95. The maximum absolute atomic E-state index is 13.0. The molecule has 0 aliphatic heterocycles. The van der Waals surface area contributed by atoms with E-state index in [9.17, 15) is 4.79 Å². The number of hydrogen-bond donors (Lipinski definition) is 1. The van der Waals surface area contributed by atoms with E-state index in [2.05, 4.69) is 16.5 Å². The van der Waals surface area contributed by atoms with E-state index in [0.29, 0.717) is 41.4 Å². The van der Waals surface area contributed by atoms with Gasteiger partial charge >= 0.3 is 0 Å². The molecule has 1 amide bonds. The number of aromatic nitrogens is 2. The Morgan fingerprint density at radius 1 is 1.14 bits per heavy atom. The number of aryl methyl sites for hydroxylation is 1. The number of benzene rings is 2. The van der Waals surface area contributed by atoms with Crippen molar-refractivity contribution >= 4 is 11.6 Å². The Balaban J connectivity index is 1.96. The van der Waals surface area contributed by atoms with E-state index in [4.69, 9.17) is 14.7 Å². The average Bonchev–Trinajstić information content (AvgIpc) is 3.17. The molecule has 0 aliphatic carbocycles. The number of nitriles is 1. The highest BCUT2D eigenvalue weighted by Crippen LogP contribution is 2.28. The number of hydrogen-bond acceptors (Lipinski definition) is 5. The van der Waals surface area contributed by atoms with E-state index in [0.717, 1.165) is 5.56 Å². The Morgan fingerprint density at radius 2 is 1.89 bits per heavy atom. The second-order valence-corrected chi connectivity index (χ2v) is 5.95. The highest BCUT2D eigenvalue weighted by atomic mass is 16.5. The predicted octanol–water partition coefficient (Wildman–Crippen LogP) is 3.73. The fourth-order valence-electron chi connectivity index (χ4n) is 2.77. The molecular formula is C21H20N4O3. The number of methoxy groups -OCH3 is 2. The maximum atomic E-state index is 13.0. The summed E-state index contributed by atoms with van der Waals surface area (Å²) in [4.78, 5) is 13.0. The summed E-state index contributed by atoms with van der Waals surface area (Å²) in [5.74, 6) is 0.977. The molecule has 0 radical (unpaired) electrons. The van der Waals surface area contributed by atoms with E-state index in [-0.39, 0.29) is 5.91 Å². The van der Waals surface area contributed by atoms with Gasteiger partial charge in [-0.3, -0.25) is 9.48 Å². The van der Waals surface area contributed by atoms with Crippen molar-refractivity contribution in [3.05, 3.63) is 60.3 Å². The molecule has 0 fully saturated rings. The maximum Gasteiger partial charge on any atom is 0.259 e. The number of nitrogens with one attached hydrogen (secondary N) is 1. The van der Waals surface area contributed by atoms with Crippen LogP contribution in [0, 0.1) is 11.3 Å². The van der Waals surface area contributed by atoms with Gasteiger partial charge in [0.15, 0.2) is 0 Å². The van der Waals surface area contributed by atoms with Crippen molar-refractivity contribution in [1.82, 2.24) is 9.78 Å². The first-order chi connectivity index (χ1) is 13.7. The zero-order valence-electron chi connectivity index (χ0n) is 15.7. The Labute approximate surface area is 163 Å². The number of ether oxygens (including phenoxy) is 2. The lowest BCUT2D eigenvalue weighted by Gasteiger charge is -2.10. The zero-order valence-corrected chi connectivity index (χ0v) is 15.7. The van der Waals surface area contributed by atoms with Crippen molar-refractivity contribution in [2.45, 2.75) is 13.0 Å². The van der Waals surface area contributed by atoms with Crippen LogP contribution in [0.15, 0.2) is 54.7 Å². The largest absolute Gasteiger partial charge is 0.497 e. The Morgan fingerprint density at radius 3 is 2.57 bits per heavy atom. The standard InChI is InChI=1S/C21H20N4O3/c1-27-16-10-8-15(9-11-16)20-17(14-25(24-20)13-5-12-22)21(26)23-18-6-3-4-7-19(18)28-2/h3-4,6-11,14H,5,13H2,1-2H3,(H,23,26). The Bertz CT molecular complexity index is 1000. The topological polar surface area (TPSA) is 89.2 Å². The summed E-state index contributed by atoms with van der Waals surface area (Å²) in [5.41, 5.74) is 2.30. The fraction of sp³-hybridized carbons (Fsp3) is 0.190. The van der Waals surface area contributed by atoms with E-state index in [1.165, 1.54) is 0 Å². The molecule has 1 heterocycles. The number of rotatable bonds is 7. The zero-order chi connectivity index (χ0) is 19.9. The number of anilines is 1. The predicted molar refractivity (Wildman–Crippen MR) is 105 cm³/mol. The van der Waals surface area contributed by atoms with Crippen molar-refractivity contribution in [3.8, 4) is 28.8 Å². The minimum atomic E-state index is -0.307. The molecule has 2 aromatic carbocycles. The van der Waals surface area contributed by atoms with Crippen LogP contribution in [0.4, 0.5) is 5.69 Å². The van der Waals surface area contributed by atoms with Crippen molar-refractivity contribution in [2.75, 3.05) is 19.5 Å². The third-order valence-corrected chi connectivity index (χ3v) is 4.18. The van der Waals surface area contributed by atoms with Gasteiger partial charge in [0.05, 0.1) is 44.5 Å². The summed E-state index contributed by atoms with van der Waals surface area (Å²) in [6.45, 7) is 0.404. The third kappa shape index (κ3) is 4.13. The number of nitrogens with zero attached hydrogens (tertiary/aromatic N) is 3. The minimum Gasteiger partial charge on any atom is -0.497 e. The summed E-state index contributed by atoms with van der Waals surface area (Å²) in [7, 11) is 3.14. The summed E-state index contributed by atoms with van der Waals surface area (Å²) in [6.07, 6.45) is 1.96. The Kier molecular flexibility index (Phi) is 5.92. The molecule has 3 rings (SSSR count). The van der Waals surface area contributed by atoms with E-state index in [1.807, 2.05) is 36.4 Å². The van der Waals surface area contributed by atoms with Crippen molar-refractivity contribution in [1.29, 1.82) is 5.26 Å². The smallest absolute Gasteiger partial charge is 0.259 e. The lowest BCUT2D eigenvalue weighted by Crippen LogP contribution is -2.13. The van der Waals surface area contributed by atoms with Crippen LogP contribution < -0.4 is 14.8 Å². The van der Waals surface area contributed by atoms with Gasteiger partial charge in [0.2, 0.25) is 0 Å². The van der Waals surface area contributed by atoms with E-state index < -0.39 is 0 Å². The highest BCUT2D eigenvalue weighted by molar-refractivity contribution is 6.08. The number of amides is 1. The molecule has 0 saturated heterocycles. The number of carbonyl (C=O) groups excluding carboxylic acids is 1. The van der Waals surface area contributed by atoms with Crippen LogP contribution in [0.3, 0.4) is 0 Å². The molecule has 7 heteroatoms. The summed E-state index contributed by atoms with van der Waals surface area (Å²) in [5, 5.41) is 16.2. The SMILES string of the molecule is COc1ccc(-c2nn(CCC#N)cc2C(=O)Nc2ccccc2OC)cc1. The number of para-hydroxylation sites is 2. The molecule has 7 nitrogen and oxygen atoms in total. The second kappa shape index (κ2) is 8.73.